The van der Waals surface area contributed by atoms with Crippen molar-refractivity contribution in [1.29, 1.82) is 0 Å². The fourth-order valence-electron chi connectivity index (χ4n) is 1.69. The van der Waals surface area contributed by atoms with Crippen molar-refractivity contribution < 1.29 is 4.39 Å². The lowest BCUT2D eigenvalue weighted by Crippen LogP contribution is -2.10. The van der Waals surface area contributed by atoms with Crippen LogP contribution in [0, 0.1) is 5.82 Å². The molecule has 19 heavy (non-hydrogen) atoms. The maximum atomic E-state index is 12.8. The zero-order chi connectivity index (χ0) is 13.7. The Morgan fingerprint density at radius 1 is 1.05 bits per heavy atom. The molecule has 1 aromatic carbocycles. The van der Waals surface area contributed by atoms with Crippen molar-refractivity contribution in [3.63, 3.8) is 0 Å². The molecule has 0 fully saturated rings. The third-order valence-corrected chi connectivity index (χ3v) is 2.56. The van der Waals surface area contributed by atoms with Gasteiger partial charge in [0.05, 0.1) is 0 Å². The summed E-state index contributed by atoms with van der Waals surface area (Å²) in [6.07, 6.45) is 5.71. The minimum Gasteiger partial charge on any atom is -0.368 e. The molecular weight excluding hydrogens is 239 g/mol. The first-order valence-corrected chi connectivity index (χ1v) is 6.30. The Kier molecular flexibility index (Phi) is 4.29. The highest BCUT2D eigenvalue weighted by Crippen LogP contribution is 2.12. The number of aromatic nitrogens is 1. The molecule has 0 spiro atoms. The Morgan fingerprint density at radius 3 is 2.42 bits per heavy atom. The summed E-state index contributed by atoms with van der Waals surface area (Å²) in [5.41, 5.74) is 2.03. The predicted molar refractivity (Wildman–Crippen MR) is 78.3 cm³/mol. The molecule has 1 aromatic heterocycles. The van der Waals surface area contributed by atoms with Crippen molar-refractivity contribution in [2.24, 2.45) is 0 Å². The van der Waals surface area contributed by atoms with E-state index >= 15 is 0 Å². The molecule has 2 aromatic rings. The van der Waals surface area contributed by atoms with Crippen molar-refractivity contribution in [1.82, 2.24) is 4.98 Å². The summed E-state index contributed by atoms with van der Waals surface area (Å²) < 4.78 is 12.8. The third kappa shape index (κ3) is 4.21. The molecule has 0 amide bonds. The normalized spacial score (nSPS) is 11.2. The topological polar surface area (TPSA) is 24.9 Å². The summed E-state index contributed by atoms with van der Waals surface area (Å²) in [7, 11) is 0. The van der Waals surface area contributed by atoms with Gasteiger partial charge in [0.2, 0.25) is 0 Å². The summed E-state index contributed by atoms with van der Waals surface area (Å²) in [6.45, 7) is 4.14. The third-order valence-electron chi connectivity index (χ3n) is 2.56. The molecule has 0 unspecified atom stereocenters. The SMILES string of the molecule is CC(C)Nc1cc(/C=C\c2ccc(F)cc2)ccn1. The van der Waals surface area contributed by atoms with Gasteiger partial charge in [-0.2, -0.15) is 0 Å². The van der Waals surface area contributed by atoms with E-state index in [9.17, 15) is 4.39 Å². The van der Waals surface area contributed by atoms with Gasteiger partial charge in [0.1, 0.15) is 11.6 Å². The summed E-state index contributed by atoms with van der Waals surface area (Å²) in [6, 6.07) is 10.7. The van der Waals surface area contributed by atoms with Crippen LogP contribution in [0.1, 0.15) is 25.0 Å². The van der Waals surface area contributed by atoms with Crippen LogP contribution in [0.3, 0.4) is 0 Å². The molecule has 1 N–H and O–H groups in total. The van der Waals surface area contributed by atoms with Gasteiger partial charge in [-0.05, 0) is 49.2 Å². The van der Waals surface area contributed by atoms with Crippen molar-refractivity contribution in [3.8, 4) is 0 Å². The van der Waals surface area contributed by atoms with Gasteiger partial charge in [0.15, 0.2) is 0 Å². The van der Waals surface area contributed by atoms with Crippen LogP contribution in [0.4, 0.5) is 10.2 Å². The fourth-order valence-corrected chi connectivity index (χ4v) is 1.69. The van der Waals surface area contributed by atoms with Gasteiger partial charge in [-0.3, -0.25) is 0 Å². The smallest absolute Gasteiger partial charge is 0.126 e. The number of hydrogen-bond acceptors (Lipinski definition) is 2. The van der Waals surface area contributed by atoms with Gasteiger partial charge in [-0.15, -0.1) is 0 Å². The summed E-state index contributed by atoms with van der Waals surface area (Å²) in [5.74, 6) is 0.640. The highest BCUT2D eigenvalue weighted by atomic mass is 19.1. The lowest BCUT2D eigenvalue weighted by Gasteiger charge is -2.08. The summed E-state index contributed by atoms with van der Waals surface area (Å²) >= 11 is 0. The number of pyridine rings is 1. The van der Waals surface area contributed by atoms with E-state index in [1.54, 1.807) is 18.3 Å². The molecule has 0 saturated carbocycles. The zero-order valence-corrected chi connectivity index (χ0v) is 11.1. The van der Waals surface area contributed by atoms with E-state index in [1.807, 2.05) is 24.3 Å². The number of benzene rings is 1. The fraction of sp³-hybridized carbons (Fsp3) is 0.188. The van der Waals surface area contributed by atoms with Gasteiger partial charge in [0, 0.05) is 12.2 Å². The number of anilines is 1. The first kappa shape index (κ1) is 13.3. The van der Waals surface area contributed by atoms with Crippen LogP contribution in [0.15, 0.2) is 42.6 Å². The average molecular weight is 256 g/mol. The maximum absolute atomic E-state index is 12.8. The molecule has 3 heteroatoms. The van der Waals surface area contributed by atoms with Gasteiger partial charge >= 0.3 is 0 Å². The number of hydrogen-bond donors (Lipinski definition) is 1. The molecule has 0 radical (unpaired) electrons. The summed E-state index contributed by atoms with van der Waals surface area (Å²) in [4.78, 5) is 4.25. The molecule has 0 aliphatic rings. The van der Waals surface area contributed by atoms with Gasteiger partial charge in [-0.25, -0.2) is 9.37 Å². The van der Waals surface area contributed by atoms with Crippen molar-refractivity contribution >= 4 is 18.0 Å². The Balaban J connectivity index is 2.12. The first-order valence-electron chi connectivity index (χ1n) is 6.30. The molecule has 0 atom stereocenters. The van der Waals surface area contributed by atoms with E-state index in [-0.39, 0.29) is 5.82 Å². The molecule has 2 rings (SSSR count). The quantitative estimate of drug-likeness (QED) is 0.886. The second-order valence-corrected chi connectivity index (χ2v) is 4.66. The minimum atomic E-state index is -0.218. The molecule has 1 heterocycles. The molecule has 0 bridgehead atoms. The van der Waals surface area contributed by atoms with Crippen LogP contribution in [0.25, 0.3) is 12.2 Å². The van der Waals surface area contributed by atoms with Gasteiger partial charge in [-0.1, -0.05) is 24.3 Å². The number of nitrogens with zero attached hydrogens (tertiary/aromatic N) is 1. The monoisotopic (exact) mass is 256 g/mol. The first-order chi connectivity index (χ1) is 9.13. The highest BCUT2D eigenvalue weighted by molar-refractivity contribution is 5.70. The second kappa shape index (κ2) is 6.14. The van der Waals surface area contributed by atoms with Crippen molar-refractivity contribution in [3.05, 3.63) is 59.5 Å². The molecule has 0 saturated heterocycles. The highest BCUT2D eigenvalue weighted by Gasteiger charge is 1.97. The van der Waals surface area contributed by atoms with Crippen molar-refractivity contribution in [2.75, 3.05) is 5.32 Å². The zero-order valence-electron chi connectivity index (χ0n) is 11.1. The van der Waals surface area contributed by atoms with Crippen LogP contribution in [0.5, 0.6) is 0 Å². The minimum absolute atomic E-state index is 0.218. The van der Waals surface area contributed by atoms with E-state index in [1.165, 1.54) is 12.1 Å². The van der Waals surface area contributed by atoms with Gasteiger partial charge < -0.3 is 5.32 Å². The molecule has 0 aliphatic carbocycles. The van der Waals surface area contributed by atoms with E-state index in [4.69, 9.17) is 0 Å². The van der Waals surface area contributed by atoms with Crippen molar-refractivity contribution in [2.45, 2.75) is 19.9 Å². The van der Waals surface area contributed by atoms with Crippen LogP contribution in [-0.2, 0) is 0 Å². The molecule has 0 aliphatic heterocycles. The van der Waals surface area contributed by atoms with E-state index < -0.39 is 0 Å². The Labute approximate surface area is 113 Å². The van der Waals surface area contributed by atoms with E-state index in [0.717, 1.165) is 16.9 Å². The number of halogens is 1. The average Bonchev–Trinajstić information content (AvgIpc) is 2.38. The Bertz CT molecular complexity index is 559. The maximum Gasteiger partial charge on any atom is 0.126 e. The number of rotatable bonds is 4. The predicted octanol–water partition coefficient (Wildman–Crippen LogP) is 4.21. The lowest BCUT2D eigenvalue weighted by atomic mass is 10.1. The Hall–Kier alpha value is -2.16. The molecular formula is C16H17FN2. The van der Waals surface area contributed by atoms with E-state index in [2.05, 4.69) is 24.1 Å². The molecule has 2 nitrogen and oxygen atoms in total. The molecule has 98 valence electrons. The van der Waals surface area contributed by atoms with Crippen LogP contribution < -0.4 is 5.32 Å². The Morgan fingerprint density at radius 2 is 1.74 bits per heavy atom. The summed E-state index contributed by atoms with van der Waals surface area (Å²) in [5, 5.41) is 3.26. The standard InChI is InChI=1S/C16H17FN2/c1-12(2)19-16-11-14(9-10-18-16)4-3-13-5-7-15(17)8-6-13/h3-12H,1-2H3,(H,18,19)/b4-3-. The number of nitrogens with one attached hydrogen (secondary N) is 1. The largest absolute Gasteiger partial charge is 0.368 e. The van der Waals surface area contributed by atoms with Crippen LogP contribution in [-0.4, -0.2) is 11.0 Å². The van der Waals surface area contributed by atoms with Crippen LogP contribution >= 0.6 is 0 Å². The second-order valence-electron chi connectivity index (χ2n) is 4.66. The van der Waals surface area contributed by atoms with Gasteiger partial charge in [0.25, 0.3) is 0 Å². The van der Waals surface area contributed by atoms with Crippen LogP contribution in [0.2, 0.25) is 0 Å². The van der Waals surface area contributed by atoms with E-state index in [0.29, 0.717) is 6.04 Å². The lowest BCUT2D eigenvalue weighted by molar-refractivity contribution is 0.628.